The molecule has 10 heteroatoms. The van der Waals surface area contributed by atoms with E-state index in [1.807, 2.05) is 0 Å². The molecule has 0 aromatic heterocycles. The number of Topliss-reactive ketones (excluding diaryl/α,β-unsaturated/α-hetero) is 1. The van der Waals surface area contributed by atoms with Crippen molar-refractivity contribution in [2.75, 3.05) is 18.6 Å². The van der Waals surface area contributed by atoms with Crippen LogP contribution in [-0.4, -0.2) is 41.4 Å². The zero-order chi connectivity index (χ0) is 26.7. The molecule has 1 fully saturated rings. The van der Waals surface area contributed by atoms with Gasteiger partial charge in [0.1, 0.15) is 17.6 Å². The summed E-state index contributed by atoms with van der Waals surface area (Å²) in [5, 5.41) is 23.0. The molecule has 3 aromatic rings. The summed E-state index contributed by atoms with van der Waals surface area (Å²) in [4.78, 5) is 50.9. The summed E-state index contributed by atoms with van der Waals surface area (Å²) < 4.78 is 10.1. The van der Waals surface area contributed by atoms with Crippen LogP contribution in [0.15, 0.2) is 78.4 Å². The first kappa shape index (κ1) is 25.1. The second-order valence-corrected chi connectivity index (χ2v) is 7.98. The Bertz CT molecular complexity index is 1410. The molecule has 1 heterocycles. The second-order valence-electron chi connectivity index (χ2n) is 7.98. The van der Waals surface area contributed by atoms with Crippen LogP contribution in [0.4, 0.5) is 11.4 Å². The van der Waals surface area contributed by atoms with E-state index < -0.39 is 34.4 Å². The number of nitro groups is 1. The molecule has 1 aliphatic heterocycles. The summed E-state index contributed by atoms with van der Waals surface area (Å²) >= 11 is 0. The number of amides is 1. The number of carbonyl (C=O) groups is 3. The van der Waals surface area contributed by atoms with Gasteiger partial charge in [-0.1, -0.05) is 12.1 Å². The van der Waals surface area contributed by atoms with E-state index in [-0.39, 0.29) is 40.2 Å². The number of anilines is 1. The van der Waals surface area contributed by atoms with Crippen LogP contribution in [0.1, 0.15) is 34.5 Å². The van der Waals surface area contributed by atoms with E-state index in [1.165, 1.54) is 61.7 Å². The number of carbonyl (C=O) groups excluding carboxylic acids is 3. The van der Waals surface area contributed by atoms with Gasteiger partial charge in [-0.05, 0) is 61.5 Å². The molecule has 10 nitrogen and oxygen atoms in total. The predicted octanol–water partition coefficient (Wildman–Crippen LogP) is 4.41. The van der Waals surface area contributed by atoms with Crippen molar-refractivity contribution in [2.24, 2.45) is 0 Å². The zero-order valence-corrected chi connectivity index (χ0v) is 19.9. The van der Waals surface area contributed by atoms with Gasteiger partial charge < -0.3 is 14.6 Å². The Morgan fingerprint density at radius 1 is 1.00 bits per heavy atom. The second kappa shape index (κ2) is 10.3. The summed E-state index contributed by atoms with van der Waals surface area (Å²) in [5.41, 5.74) is 0.0492. The van der Waals surface area contributed by atoms with Crippen molar-refractivity contribution in [1.82, 2.24) is 0 Å². The Morgan fingerprint density at radius 3 is 2.22 bits per heavy atom. The zero-order valence-electron chi connectivity index (χ0n) is 19.9. The van der Waals surface area contributed by atoms with Crippen molar-refractivity contribution >= 4 is 34.8 Å². The fraction of sp³-hybridized carbons (Fsp3) is 0.148. The number of hydrogen-bond acceptors (Lipinski definition) is 8. The Kier molecular flexibility index (Phi) is 7.01. The molecule has 0 radical (unpaired) electrons. The van der Waals surface area contributed by atoms with Crippen LogP contribution in [0.3, 0.4) is 0 Å². The molecule has 1 saturated heterocycles. The van der Waals surface area contributed by atoms with Crippen LogP contribution in [0.25, 0.3) is 5.76 Å². The molecule has 0 bridgehead atoms. The number of esters is 1. The average Bonchev–Trinajstić information content (AvgIpc) is 3.18. The van der Waals surface area contributed by atoms with Crippen molar-refractivity contribution in [1.29, 1.82) is 0 Å². The Morgan fingerprint density at radius 2 is 1.62 bits per heavy atom. The smallest absolute Gasteiger partial charge is 0.338 e. The van der Waals surface area contributed by atoms with Crippen molar-refractivity contribution in [3.63, 3.8) is 0 Å². The van der Waals surface area contributed by atoms with Gasteiger partial charge in [0.25, 0.3) is 17.4 Å². The molecule has 0 unspecified atom stereocenters. The summed E-state index contributed by atoms with van der Waals surface area (Å²) in [6.45, 7) is 1.85. The fourth-order valence-electron chi connectivity index (χ4n) is 4.16. The first-order valence-corrected chi connectivity index (χ1v) is 11.2. The molecule has 0 aliphatic carbocycles. The number of hydrogen-bond donors (Lipinski definition) is 1. The van der Waals surface area contributed by atoms with E-state index in [9.17, 15) is 29.6 Å². The van der Waals surface area contributed by atoms with Gasteiger partial charge in [0, 0.05) is 17.3 Å². The maximum Gasteiger partial charge on any atom is 0.338 e. The minimum atomic E-state index is -1.31. The highest BCUT2D eigenvalue weighted by molar-refractivity contribution is 6.51. The minimum Gasteiger partial charge on any atom is -0.507 e. The summed E-state index contributed by atoms with van der Waals surface area (Å²) in [6.07, 6.45) is 0. The van der Waals surface area contributed by atoms with E-state index in [2.05, 4.69) is 0 Å². The number of nitrogens with zero attached hydrogens (tertiary/aromatic N) is 2. The minimum absolute atomic E-state index is 0.0382. The number of nitro benzene ring substituents is 1. The number of rotatable bonds is 7. The molecule has 3 aromatic carbocycles. The quantitative estimate of drug-likeness (QED) is 0.125. The van der Waals surface area contributed by atoms with Crippen LogP contribution >= 0.6 is 0 Å². The maximum atomic E-state index is 13.3. The third-order valence-corrected chi connectivity index (χ3v) is 5.89. The van der Waals surface area contributed by atoms with Crippen molar-refractivity contribution < 1.29 is 33.9 Å². The molecule has 188 valence electrons. The molecule has 1 amide bonds. The number of ketones is 1. The summed E-state index contributed by atoms with van der Waals surface area (Å²) in [5.74, 6) is -2.54. The van der Waals surface area contributed by atoms with Crippen LogP contribution in [0.5, 0.6) is 5.75 Å². The monoisotopic (exact) mass is 502 g/mol. The first-order valence-electron chi connectivity index (χ1n) is 11.2. The van der Waals surface area contributed by atoms with Crippen LogP contribution in [0.2, 0.25) is 0 Å². The van der Waals surface area contributed by atoms with Gasteiger partial charge in [-0.2, -0.15) is 0 Å². The van der Waals surface area contributed by atoms with Gasteiger partial charge in [-0.15, -0.1) is 0 Å². The lowest BCUT2D eigenvalue weighted by molar-refractivity contribution is -0.385. The molecule has 0 saturated carbocycles. The third kappa shape index (κ3) is 4.64. The Hall–Kier alpha value is -4.99. The Balaban J connectivity index is 1.91. The summed E-state index contributed by atoms with van der Waals surface area (Å²) in [6, 6.07) is 16.3. The summed E-state index contributed by atoms with van der Waals surface area (Å²) in [7, 11) is 1.47. The standard InChI is InChI=1S/C27H22N2O8/c1-3-37-27(33)17-8-12-18(13-9-17)28-23(20-6-4-5-7-21(20)29(34)35)22(25(31)26(28)32)24(30)16-10-14-19(36-2)15-11-16/h4-15,23,30H,3H2,1-2H3/t23-/m0/s1. The van der Waals surface area contributed by atoms with Gasteiger partial charge in [-0.3, -0.25) is 24.6 Å². The van der Waals surface area contributed by atoms with Crippen molar-refractivity contribution in [2.45, 2.75) is 13.0 Å². The van der Waals surface area contributed by atoms with Gasteiger partial charge in [0.15, 0.2) is 0 Å². The van der Waals surface area contributed by atoms with E-state index in [4.69, 9.17) is 9.47 Å². The number of benzene rings is 3. The average molecular weight is 502 g/mol. The van der Waals surface area contributed by atoms with E-state index in [0.717, 1.165) is 4.90 Å². The number of aliphatic hydroxyl groups excluding tert-OH is 1. The van der Waals surface area contributed by atoms with Gasteiger partial charge in [-0.25, -0.2) is 4.79 Å². The number of para-hydroxylation sites is 1. The van der Waals surface area contributed by atoms with E-state index in [0.29, 0.717) is 5.75 Å². The third-order valence-electron chi connectivity index (χ3n) is 5.89. The lowest BCUT2D eigenvalue weighted by atomic mass is 9.94. The fourth-order valence-corrected chi connectivity index (χ4v) is 4.16. The first-order chi connectivity index (χ1) is 17.8. The van der Waals surface area contributed by atoms with Gasteiger partial charge >= 0.3 is 5.97 Å². The SMILES string of the molecule is CCOC(=O)c1ccc(N2C(=O)C(=O)C(=C(O)c3ccc(OC)cc3)[C@@H]2c2ccccc2[N+](=O)[O-])cc1. The molecule has 4 rings (SSSR count). The predicted molar refractivity (Wildman–Crippen MR) is 133 cm³/mol. The lowest BCUT2D eigenvalue weighted by Crippen LogP contribution is -2.29. The number of ether oxygens (including phenoxy) is 2. The van der Waals surface area contributed by atoms with Crippen LogP contribution < -0.4 is 9.64 Å². The van der Waals surface area contributed by atoms with E-state index >= 15 is 0 Å². The van der Waals surface area contributed by atoms with Crippen molar-refractivity contribution in [3.05, 3.63) is 105 Å². The maximum absolute atomic E-state index is 13.3. The normalized spacial score (nSPS) is 16.5. The highest BCUT2D eigenvalue weighted by Crippen LogP contribution is 2.44. The topological polar surface area (TPSA) is 136 Å². The molecule has 1 N–H and O–H groups in total. The molecule has 0 spiro atoms. The highest BCUT2D eigenvalue weighted by atomic mass is 16.6. The molecule has 1 atom stereocenters. The van der Waals surface area contributed by atoms with E-state index in [1.54, 1.807) is 25.1 Å². The highest BCUT2D eigenvalue weighted by Gasteiger charge is 2.48. The Labute approximate surface area is 211 Å². The van der Waals surface area contributed by atoms with Crippen molar-refractivity contribution in [3.8, 4) is 5.75 Å². The molecule has 1 aliphatic rings. The number of methoxy groups -OCH3 is 1. The molecule has 37 heavy (non-hydrogen) atoms. The molecular weight excluding hydrogens is 480 g/mol. The van der Waals surface area contributed by atoms with Gasteiger partial charge in [0.05, 0.1) is 35.3 Å². The number of aliphatic hydroxyl groups is 1. The van der Waals surface area contributed by atoms with Crippen LogP contribution in [-0.2, 0) is 14.3 Å². The van der Waals surface area contributed by atoms with Gasteiger partial charge in [0.2, 0.25) is 0 Å². The molecular formula is C27H22N2O8. The van der Waals surface area contributed by atoms with Crippen LogP contribution in [0, 0.1) is 10.1 Å². The largest absolute Gasteiger partial charge is 0.507 e. The lowest BCUT2D eigenvalue weighted by Gasteiger charge is -2.25.